The van der Waals surface area contributed by atoms with Crippen molar-refractivity contribution in [1.29, 1.82) is 0 Å². The summed E-state index contributed by atoms with van der Waals surface area (Å²) in [5.74, 6) is 0.499. The normalized spacial score (nSPS) is 19.3. The van der Waals surface area contributed by atoms with Gasteiger partial charge >= 0.3 is 0 Å². The van der Waals surface area contributed by atoms with Crippen LogP contribution >= 0.6 is 0 Å². The van der Waals surface area contributed by atoms with Gasteiger partial charge < -0.3 is 20.3 Å². The molecular weight excluding hydrogens is 342 g/mol. The number of hydrogen-bond donors (Lipinski definition) is 2. The number of aryl methyl sites for hydroxylation is 1. The predicted octanol–water partition coefficient (Wildman–Crippen LogP) is 3.19. The molecule has 0 fully saturated rings. The Kier molecular flexibility index (Phi) is 4.48. The van der Waals surface area contributed by atoms with Crippen LogP contribution in [0, 0.1) is 0 Å². The molecule has 2 amide bonds. The Morgan fingerprint density at radius 2 is 2.11 bits per heavy atom. The number of para-hydroxylation sites is 1. The van der Waals surface area contributed by atoms with Gasteiger partial charge in [-0.2, -0.15) is 0 Å². The van der Waals surface area contributed by atoms with Crippen LogP contribution < -0.4 is 20.3 Å². The van der Waals surface area contributed by atoms with Gasteiger partial charge in [-0.25, -0.2) is 0 Å². The van der Waals surface area contributed by atoms with Crippen LogP contribution in [0.25, 0.3) is 0 Å². The summed E-state index contributed by atoms with van der Waals surface area (Å²) in [6.45, 7) is 4.30. The zero-order chi connectivity index (χ0) is 19.0. The van der Waals surface area contributed by atoms with Crippen molar-refractivity contribution in [2.24, 2.45) is 0 Å². The lowest BCUT2D eigenvalue weighted by Gasteiger charge is -2.32. The third kappa shape index (κ3) is 3.35. The molecule has 0 saturated heterocycles. The molecule has 4 rings (SSSR count). The van der Waals surface area contributed by atoms with E-state index in [0.29, 0.717) is 11.4 Å². The van der Waals surface area contributed by atoms with Gasteiger partial charge in [0.05, 0.1) is 5.69 Å². The first-order chi connectivity index (χ1) is 13.0. The van der Waals surface area contributed by atoms with Crippen LogP contribution in [-0.2, 0) is 16.0 Å². The Labute approximate surface area is 158 Å². The molecule has 0 bridgehead atoms. The number of anilines is 3. The molecule has 2 aliphatic rings. The molecule has 2 aromatic rings. The molecule has 0 radical (unpaired) electrons. The first-order valence-corrected chi connectivity index (χ1v) is 9.30. The van der Waals surface area contributed by atoms with Crippen molar-refractivity contribution in [2.45, 2.75) is 38.8 Å². The van der Waals surface area contributed by atoms with Crippen molar-refractivity contribution in [3.8, 4) is 5.75 Å². The Morgan fingerprint density at radius 1 is 1.30 bits per heavy atom. The maximum absolute atomic E-state index is 13.0. The first kappa shape index (κ1) is 17.4. The molecule has 6 heteroatoms. The molecule has 2 N–H and O–H groups in total. The second kappa shape index (κ2) is 6.95. The number of rotatable bonds is 3. The summed E-state index contributed by atoms with van der Waals surface area (Å²) in [4.78, 5) is 26.7. The molecule has 2 aliphatic heterocycles. The van der Waals surface area contributed by atoms with Gasteiger partial charge in [0.1, 0.15) is 11.8 Å². The van der Waals surface area contributed by atoms with Gasteiger partial charge in [-0.1, -0.05) is 18.2 Å². The molecular formula is C21H23N3O3. The highest BCUT2D eigenvalue weighted by Crippen LogP contribution is 2.33. The Bertz CT molecular complexity index is 896. The van der Waals surface area contributed by atoms with Gasteiger partial charge in [0.2, 0.25) is 5.91 Å². The van der Waals surface area contributed by atoms with E-state index in [1.165, 1.54) is 5.56 Å². The van der Waals surface area contributed by atoms with Crippen LogP contribution in [0.2, 0.25) is 0 Å². The number of fused-ring (bicyclic) bond motifs is 2. The number of amides is 2. The van der Waals surface area contributed by atoms with Gasteiger partial charge in [-0.05, 0) is 56.5 Å². The highest BCUT2D eigenvalue weighted by Gasteiger charge is 2.27. The zero-order valence-electron chi connectivity index (χ0n) is 15.5. The van der Waals surface area contributed by atoms with Gasteiger partial charge in [-0.15, -0.1) is 0 Å². The van der Waals surface area contributed by atoms with E-state index in [1.807, 2.05) is 36.1 Å². The van der Waals surface area contributed by atoms with Gasteiger partial charge in [0, 0.05) is 17.9 Å². The zero-order valence-corrected chi connectivity index (χ0v) is 15.5. The standard InChI is InChI=1S/C21H23N3O3/c1-13(21(26)24-11-5-7-15-6-3-4-8-18(15)24)22-16-9-10-19-17(12-16)23-20(25)14(2)27-19/h3-4,6,8-10,12-14,22H,5,7,11H2,1-2H3,(H,23,25)/t13-,14+/m0/s1. The summed E-state index contributed by atoms with van der Waals surface area (Å²) in [7, 11) is 0. The molecule has 2 heterocycles. The minimum absolute atomic E-state index is 0.0359. The molecule has 0 spiro atoms. The lowest BCUT2D eigenvalue weighted by molar-refractivity contribution is -0.122. The highest BCUT2D eigenvalue weighted by atomic mass is 16.5. The Hall–Kier alpha value is -3.02. The topological polar surface area (TPSA) is 70.7 Å². The summed E-state index contributed by atoms with van der Waals surface area (Å²) in [6, 6.07) is 13.1. The molecule has 0 unspecified atom stereocenters. The Morgan fingerprint density at radius 3 is 2.96 bits per heavy atom. The number of hydrogen-bond acceptors (Lipinski definition) is 4. The van der Waals surface area contributed by atoms with Gasteiger partial charge in [0.25, 0.3) is 5.91 Å². The summed E-state index contributed by atoms with van der Waals surface area (Å²) >= 11 is 0. The quantitative estimate of drug-likeness (QED) is 0.876. The van der Waals surface area contributed by atoms with Crippen LogP contribution in [0.3, 0.4) is 0 Å². The van der Waals surface area contributed by atoms with E-state index >= 15 is 0 Å². The number of carbonyl (C=O) groups is 2. The monoisotopic (exact) mass is 365 g/mol. The van der Waals surface area contributed by atoms with Crippen LogP contribution in [0.4, 0.5) is 17.1 Å². The molecule has 0 saturated carbocycles. The minimum Gasteiger partial charge on any atom is -0.479 e. The fourth-order valence-corrected chi connectivity index (χ4v) is 3.61. The molecule has 27 heavy (non-hydrogen) atoms. The SMILES string of the molecule is C[C@H](Nc1ccc2c(c1)NC(=O)[C@@H](C)O2)C(=O)N1CCCc2ccccc21. The lowest BCUT2D eigenvalue weighted by Crippen LogP contribution is -2.44. The first-order valence-electron chi connectivity index (χ1n) is 9.30. The molecule has 140 valence electrons. The van der Waals surface area contributed by atoms with Crippen LogP contribution in [0.1, 0.15) is 25.8 Å². The fourth-order valence-electron chi connectivity index (χ4n) is 3.61. The number of nitrogens with one attached hydrogen (secondary N) is 2. The summed E-state index contributed by atoms with van der Waals surface area (Å²) in [5.41, 5.74) is 3.60. The maximum Gasteiger partial charge on any atom is 0.265 e. The van der Waals surface area contributed by atoms with Crippen LogP contribution in [0.5, 0.6) is 5.75 Å². The lowest BCUT2D eigenvalue weighted by atomic mass is 10.0. The summed E-state index contributed by atoms with van der Waals surface area (Å²) in [6.07, 6.45) is 1.47. The number of carbonyl (C=O) groups excluding carboxylic acids is 2. The second-order valence-corrected chi connectivity index (χ2v) is 7.05. The average Bonchev–Trinajstić information content (AvgIpc) is 2.68. The number of ether oxygens (including phenoxy) is 1. The van der Waals surface area contributed by atoms with Crippen LogP contribution in [-0.4, -0.2) is 30.5 Å². The fraction of sp³-hybridized carbons (Fsp3) is 0.333. The van der Waals surface area contributed by atoms with Crippen molar-refractivity contribution < 1.29 is 14.3 Å². The van der Waals surface area contributed by atoms with Crippen molar-refractivity contribution >= 4 is 28.9 Å². The predicted molar refractivity (Wildman–Crippen MR) is 105 cm³/mol. The third-order valence-corrected chi connectivity index (χ3v) is 5.04. The van der Waals surface area contributed by atoms with E-state index in [9.17, 15) is 9.59 Å². The molecule has 0 aromatic heterocycles. The van der Waals surface area contributed by atoms with E-state index in [4.69, 9.17) is 4.74 Å². The number of nitrogens with zero attached hydrogens (tertiary/aromatic N) is 1. The molecule has 2 atom stereocenters. The largest absolute Gasteiger partial charge is 0.479 e. The summed E-state index contributed by atoms with van der Waals surface area (Å²) in [5, 5.41) is 6.08. The van der Waals surface area contributed by atoms with Crippen molar-refractivity contribution in [1.82, 2.24) is 0 Å². The summed E-state index contributed by atoms with van der Waals surface area (Å²) < 4.78 is 5.57. The highest BCUT2D eigenvalue weighted by molar-refractivity contribution is 6.00. The Balaban J connectivity index is 1.50. The number of benzene rings is 2. The van der Waals surface area contributed by atoms with E-state index in [1.54, 1.807) is 19.1 Å². The molecule has 6 nitrogen and oxygen atoms in total. The van der Waals surface area contributed by atoms with E-state index in [0.717, 1.165) is 30.8 Å². The average molecular weight is 365 g/mol. The van der Waals surface area contributed by atoms with E-state index in [2.05, 4.69) is 16.7 Å². The maximum atomic E-state index is 13.0. The second-order valence-electron chi connectivity index (χ2n) is 7.05. The third-order valence-electron chi connectivity index (χ3n) is 5.04. The minimum atomic E-state index is -0.504. The smallest absolute Gasteiger partial charge is 0.265 e. The van der Waals surface area contributed by atoms with Gasteiger partial charge in [-0.3, -0.25) is 9.59 Å². The van der Waals surface area contributed by atoms with E-state index < -0.39 is 12.1 Å². The molecule has 0 aliphatic carbocycles. The van der Waals surface area contributed by atoms with Crippen LogP contribution in [0.15, 0.2) is 42.5 Å². The van der Waals surface area contributed by atoms with Gasteiger partial charge in [0.15, 0.2) is 6.10 Å². The van der Waals surface area contributed by atoms with Crippen molar-refractivity contribution in [3.63, 3.8) is 0 Å². The van der Waals surface area contributed by atoms with E-state index in [-0.39, 0.29) is 11.8 Å². The molecule has 2 aromatic carbocycles. The van der Waals surface area contributed by atoms with Crippen molar-refractivity contribution in [3.05, 3.63) is 48.0 Å². The van der Waals surface area contributed by atoms with Crippen molar-refractivity contribution in [2.75, 3.05) is 22.1 Å².